The smallest absolute Gasteiger partial charge is 0.405 e. The molecule has 0 spiro atoms. The van der Waals surface area contributed by atoms with Crippen LogP contribution in [0, 0.1) is 0 Å². The largest absolute Gasteiger partial charge is 0.489 e. The summed E-state index contributed by atoms with van der Waals surface area (Å²) in [6.07, 6.45) is 4.05. The number of ether oxygens (including phenoxy) is 1. The molecule has 1 fully saturated rings. The molecule has 1 aliphatic rings. The zero-order chi connectivity index (χ0) is 26.9. The molecule has 0 radical (unpaired) electrons. The number of fused-ring (bicyclic) bond motifs is 2. The van der Waals surface area contributed by atoms with Crippen molar-refractivity contribution in [1.82, 2.24) is 29.8 Å². The van der Waals surface area contributed by atoms with E-state index in [0.29, 0.717) is 40.5 Å². The fourth-order valence-electron chi connectivity index (χ4n) is 4.72. The van der Waals surface area contributed by atoms with E-state index >= 15 is 0 Å². The second-order valence-electron chi connectivity index (χ2n) is 8.98. The lowest BCUT2D eigenvalue weighted by atomic mass is 10.1. The molecule has 0 saturated carbocycles. The molecule has 2 N–H and O–H groups in total. The van der Waals surface area contributed by atoms with E-state index in [4.69, 9.17) is 9.15 Å². The third kappa shape index (κ3) is 5.02. The fraction of sp³-hybridized carbons (Fsp3) is 0.269. The van der Waals surface area contributed by atoms with Crippen molar-refractivity contribution in [1.29, 1.82) is 0 Å². The Labute approximate surface area is 230 Å². The number of rotatable bonds is 8. The van der Waals surface area contributed by atoms with Crippen LogP contribution in [0.3, 0.4) is 0 Å². The maximum atomic E-state index is 13.5. The molecule has 2 amide bonds. The maximum absolute atomic E-state index is 13.5. The second-order valence-corrected chi connectivity index (χ2v) is 11.0. The van der Waals surface area contributed by atoms with E-state index in [-0.39, 0.29) is 18.6 Å². The van der Waals surface area contributed by atoms with Gasteiger partial charge < -0.3 is 24.5 Å². The van der Waals surface area contributed by atoms with Crippen LogP contribution in [0.2, 0.25) is 0 Å². The SMILES string of the molecule is CSc1nn2cc(-c3nc4c(OC[C@H]5CCCN5C(=O)[C@H](NC(=O)O)c5ccccc5)cccc4o3)nc2s1. The Balaban J connectivity index is 1.20. The van der Waals surface area contributed by atoms with Gasteiger partial charge in [0.1, 0.15) is 24.1 Å². The Kier molecular flexibility index (Phi) is 6.83. The second kappa shape index (κ2) is 10.6. The molecular formula is C26H24N6O5S2. The monoisotopic (exact) mass is 564 g/mol. The van der Waals surface area contributed by atoms with Gasteiger partial charge in [-0.2, -0.15) is 0 Å². The molecule has 1 saturated heterocycles. The van der Waals surface area contributed by atoms with E-state index in [2.05, 4.69) is 20.4 Å². The number of carboxylic acid groups (broad SMARTS) is 1. The highest BCUT2D eigenvalue weighted by atomic mass is 32.2. The number of thioether (sulfide) groups is 1. The Bertz CT molecular complexity index is 1620. The summed E-state index contributed by atoms with van der Waals surface area (Å²) in [5, 5.41) is 16.2. The quantitative estimate of drug-likeness (QED) is 0.257. The molecule has 200 valence electrons. The van der Waals surface area contributed by atoms with Gasteiger partial charge in [0.25, 0.3) is 0 Å². The summed E-state index contributed by atoms with van der Waals surface area (Å²) in [5.41, 5.74) is 2.29. The van der Waals surface area contributed by atoms with Gasteiger partial charge in [-0.3, -0.25) is 4.79 Å². The topological polar surface area (TPSA) is 135 Å². The number of nitrogens with one attached hydrogen (secondary N) is 1. The minimum absolute atomic E-state index is 0.211. The molecule has 13 heteroatoms. The summed E-state index contributed by atoms with van der Waals surface area (Å²) in [4.78, 5) is 36.6. The predicted octanol–water partition coefficient (Wildman–Crippen LogP) is 4.70. The number of amides is 2. The van der Waals surface area contributed by atoms with Crippen molar-refractivity contribution >= 4 is 51.2 Å². The van der Waals surface area contributed by atoms with Crippen molar-refractivity contribution in [3.8, 4) is 17.3 Å². The molecule has 39 heavy (non-hydrogen) atoms. The van der Waals surface area contributed by atoms with E-state index in [1.807, 2.05) is 30.5 Å². The van der Waals surface area contributed by atoms with Crippen molar-refractivity contribution < 1.29 is 23.8 Å². The van der Waals surface area contributed by atoms with Crippen LogP contribution in [0.5, 0.6) is 5.75 Å². The molecule has 2 aromatic carbocycles. The highest BCUT2D eigenvalue weighted by Gasteiger charge is 2.35. The molecule has 1 aliphatic heterocycles. The summed E-state index contributed by atoms with van der Waals surface area (Å²) in [7, 11) is 0. The van der Waals surface area contributed by atoms with Crippen LogP contribution in [0.15, 0.2) is 63.5 Å². The van der Waals surface area contributed by atoms with E-state index in [0.717, 1.165) is 22.1 Å². The number of para-hydroxylation sites is 1. The number of oxazole rings is 1. The minimum Gasteiger partial charge on any atom is -0.489 e. The van der Waals surface area contributed by atoms with Gasteiger partial charge in [0.2, 0.25) is 16.8 Å². The number of hydrogen-bond acceptors (Lipinski definition) is 9. The highest BCUT2D eigenvalue weighted by Crippen LogP contribution is 2.32. The first-order chi connectivity index (χ1) is 19.0. The molecule has 3 aromatic heterocycles. The molecule has 0 aliphatic carbocycles. The number of aromatic nitrogens is 4. The lowest BCUT2D eigenvalue weighted by molar-refractivity contribution is -0.134. The molecule has 11 nitrogen and oxygen atoms in total. The summed E-state index contributed by atoms with van der Waals surface area (Å²) < 4.78 is 14.8. The van der Waals surface area contributed by atoms with Gasteiger partial charge in [0.15, 0.2) is 15.4 Å². The van der Waals surface area contributed by atoms with Crippen molar-refractivity contribution in [2.75, 3.05) is 19.4 Å². The van der Waals surface area contributed by atoms with Gasteiger partial charge in [-0.1, -0.05) is 59.5 Å². The Morgan fingerprint density at radius 3 is 2.85 bits per heavy atom. The van der Waals surface area contributed by atoms with Gasteiger partial charge >= 0.3 is 6.09 Å². The van der Waals surface area contributed by atoms with Crippen LogP contribution >= 0.6 is 23.1 Å². The van der Waals surface area contributed by atoms with Crippen LogP contribution in [0.4, 0.5) is 4.79 Å². The van der Waals surface area contributed by atoms with E-state index in [1.165, 1.54) is 11.3 Å². The number of hydrogen-bond donors (Lipinski definition) is 2. The van der Waals surface area contributed by atoms with Gasteiger partial charge in [0.05, 0.1) is 12.2 Å². The fourth-order valence-corrected chi connectivity index (χ4v) is 6.07. The number of carbonyl (C=O) groups excluding carboxylic acids is 1. The Morgan fingerprint density at radius 1 is 1.23 bits per heavy atom. The van der Waals surface area contributed by atoms with Gasteiger partial charge in [-0.25, -0.2) is 19.3 Å². The Hall–Kier alpha value is -4.10. The van der Waals surface area contributed by atoms with Gasteiger partial charge in [-0.05, 0) is 36.8 Å². The summed E-state index contributed by atoms with van der Waals surface area (Å²) in [6, 6.07) is 13.1. The van der Waals surface area contributed by atoms with Crippen LogP contribution < -0.4 is 10.1 Å². The summed E-state index contributed by atoms with van der Waals surface area (Å²) in [5.74, 6) is 0.607. The van der Waals surface area contributed by atoms with E-state index in [1.54, 1.807) is 51.6 Å². The first-order valence-electron chi connectivity index (χ1n) is 12.3. The predicted molar refractivity (Wildman–Crippen MR) is 146 cm³/mol. The minimum atomic E-state index is -1.25. The van der Waals surface area contributed by atoms with Crippen LogP contribution in [-0.2, 0) is 4.79 Å². The average molecular weight is 565 g/mol. The highest BCUT2D eigenvalue weighted by molar-refractivity contribution is 8.00. The van der Waals surface area contributed by atoms with Crippen LogP contribution in [0.25, 0.3) is 27.6 Å². The molecule has 2 atom stereocenters. The summed E-state index contributed by atoms with van der Waals surface area (Å²) in [6.45, 7) is 0.767. The van der Waals surface area contributed by atoms with Crippen molar-refractivity contribution in [2.24, 2.45) is 0 Å². The number of likely N-dealkylation sites (tertiary alicyclic amines) is 1. The molecule has 4 heterocycles. The number of benzene rings is 2. The van der Waals surface area contributed by atoms with Gasteiger partial charge in [-0.15, -0.1) is 5.10 Å². The van der Waals surface area contributed by atoms with Crippen molar-refractivity contribution in [3.63, 3.8) is 0 Å². The van der Waals surface area contributed by atoms with Crippen LogP contribution in [-0.4, -0.2) is 67.0 Å². The first-order valence-corrected chi connectivity index (χ1v) is 14.3. The normalized spacial score (nSPS) is 16.1. The molecular weight excluding hydrogens is 540 g/mol. The van der Waals surface area contributed by atoms with Gasteiger partial charge in [0, 0.05) is 6.54 Å². The molecule has 5 aromatic rings. The molecule has 6 rings (SSSR count). The Morgan fingerprint density at radius 2 is 2.08 bits per heavy atom. The zero-order valence-corrected chi connectivity index (χ0v) is 22.4. The zero-order valence-electron chi connectivity index (χ0n) is 20.8. The number of imidazole rings is 1. The number of carbonyl (C=O) groups is 2. The molecule has 0 bridgehead atoms. The lowest BCUT2D eigenvalue weighted by Crippen LogP contribution is -2.46. The summed E-state index contributed by atoms with van der Waals surface area (Å²) >= 11 is 3.06. The third-order valence-corrected chi connectivity index (χ3v) is 8.44. The first kappa shape index (κ1) is 25.2. The van der Waals surface area contributed by atoms with E-state index in [9.17, 15) is 14.7 Å². The van der Waals surface area contributed by atoms with Crippen molar-refractivity contribution in [2.45, 2.75) is 29.3 Å². The average Bonchev–Trinajstić information content (AvgIpc) is 3.72. The number of nitrogens with zero attached hydrogens (tertiary/aromatic N) is 5. The van der Waals surface area contributed by atoms with E-state index < -0.39 is 12.1 Å². The lowest BCUT2D eigenvalue weighted by Gasteiger charge is -2.29. The third-order valence-electron chi connectivity index (χ3n) is 6.54. The van der Waals surface area contributed by atoms with Crippen LogP contribution in [0.1, 0.15) is 24.4 Å². The maximum Gasteiger partial charge on any atom is 0.405 e. The standard InChI is InChI=1S/C26H24N6O5S2/c1-38-26-30-32-13-17(27-24(32)39-26)22-28-21-18(10-5-11-19(21)37-22)36-14-16-9-6-12-31(16)23(33)20(29-25(34)35)15-7-3-2-4-8-15/h2-5,7-8,10-11,13,16,20,29H,6,9,12,14H2,1H3,(H,34,35)/t16-,20-/m1/s1. The molecule has 0 unspecified atom stereocenters. The van der Waals surface area contributed by atoms with Crippen molar-refractivity contribution in [3.05, 3.63) is 60.3 Å².